The minimum Gasteiger partial charge on any atom is -0.459 e. The molecule has 1 aliphatic heterocycles. The van der Waals surface area contributed by atoms with Gasteiger partial charge in [-0.3, -0.25) is 4.90 Å². The summed E-state index contributed by atoms with van der Waals surface area (Å²) in [6.45, 7) is 3.74. The number of H-pyrrole nitrogens is 1. The lowest BCUT2D eigenvalue weighted by atomic mass is 10.00. The van der Waals surface area contributed by atoms with Crippen molar-refractivity contribution in [3.8, 4) is 0 Å². The lowest BCUT2D eigenvalue weighted by molar-refractivity contribution is 0.179. The number of hydrogen-bond donors (Lipinski definition) is 1. The molecule has 3 aromatic heterocycles. The summed E-state index contributed by atoms with van der Waals surface area (Å²) in [5, 5.41) is 1.12. The van der Waals surface area contributed by atoms with Crippen molar-refractivity contribution in [1.82, 2.24) is 24.8 Å². The minimum atomic E-state index is -0.0209. The van der Waals surface area contributed by atoms with Gasteiger partial charge in [0.15, 0.2) is 0 Å². The minimum absolute atomic E-state index is 0.0209. The van der Waals surface area contributed by atoms with E-state index in [1.54, 1.807) is 6.33 Å². The maximum atomic E-state index is 6.22. The lowest BCUT2D eigenvalue weighted by Crippen LogP contribution is -2.36. The largest absolute Gasteiger partial charge is 0.459 e. The Kier molecular flexibility index (Phi) is 3.98. The van der Waals surface area contributed by atoms with Crippen LogP contribution in [0.5, 0.6) is 0 Å². The predicted octanol–water partition coefficient (Wildman–Crippen LogP) is 3.66. The number of imidazole rings is 1. The maximum Gasteiger partial charge on any atom is 0.134 e. The summed E-state index contributed by atoms with van der Waals surface area (Å²) in [7, 11) is 0. The molecule has 6 heteroatoms. The molecular formula is C21H21N5O. The van der Waals surface area contributed by atoms with E-state index in [-0.39, 0.29) is 6.04 Å². The monoisotopic (exact) mass is 359 g/mol. The fourth-order valence-corrected chi connectivity index (χ4v) is 3.85. The average Bonchev–Trinajstić information content (AvgIpc) is 3.34. The van der Waals surface area contributed by atoms with Crippen LogP contribution >= 0.6 is 0 Å². The van der Waals surface area contributed by atoms with Crippen molar-refractivity contribution in [2.75, 3.05) is 6.54 Å². The van der Waals surface area contributed by atoms with Crippen LogP contribution in [-0.4, -0.2) is 31.4 Å². The summed E-state index contributed by atoms with van der Waals surface area (Å²) in [6.07, 6.45) is 5.41. The van der Waals surface area contributed by atoms with Crippen LogP contribution in [0.1, 0.15) is 41.6 Å². The van der Waals surface area contributed by atoms with Crippen molar-refractivity contribution in [3.63, 3.8) is 0 Å². The SMILES string of the molecule is CCc1nccc(CN2CCc3[nH]cnc3C2c2cc3ccccc3o2)n1. The molecule has 27 heavy (non-hydrogen) atoms. The van der Waals surface area contributed by atoms with E-state index in [0.717, 1.165) is 59.9 Å². The predicted molar refractivity (Wildman–Crippen MR) is 102 cm³/mol. The highest BCUT2D eigenvalue weighted by molar-refractivity contribution is 5.78. The van der Waals surface area contributed by atoms with Crippen molar-refractivity contribution in [2.24, 2.45) is 0 Å². The smallest absolute Gasteiger partial charge is 0.134 e. The molecule has 1 aromatic carbocycles. The van der Waals surface area contributed by atoms with Gasteiger partial charge in [-0.2, -0.15) is 0 Å². The van der Waals surface area contributed by atoms with Crippen LogP contribution in [0.4, 0.5) is 0 Å². The molecule has 1 unspecified atom stereocenters. The van der Waals surface area contributed by atoms with Gasteiger partial charge in [-0.25, -0.2) is 15.0 Å². The summed E-state index contributed by atoms with van der Waals surface area (Å²) < 4.78 is 6.22. The molecule has 4 heterocycles. The van der Waals surface area contributed by atoms with Crippen molar-refractivity contribution < 1.29 is 4.42 Å². The van der Waals surface area contributed by atoms with Gasteiger partial charge in [0.1, 0.15) is 23.2 Å². The lowest BCUT2D eigenvalue weighted by Gasteiger charge is -2.33. The van der Waals surface area contributed by atoms with E-state index in [1.807, 2.05) is 30.5 Å². The molecule has 6 nitrogen and oxygen atoms in total. The van der Waals surface area contributed by atoms with Crippen LogP contribution in [0.15, 0.2) is 53.3 Å². The van der Waals surface area contributed by atoms with E-state index in [4.69, 9.17) is 4.42 Å². The fraction of sp³-hybridized carbons (Fsp3) is 0.286. The van der Waals surface area contributed by atoms with Gasteiger partial charge in [-0.05, 0) is 18.2 Å². The topological polar surface area (TPSA) is 70.8 Å². The first-order chi connectivity index (χ1) is 13.3. The molecule has 0 radical (unpaired) electrons. The Hall–Kier alpha value is -2.99. The Balaban J connectivity index is 1.55. The molecule has 4 aromatic rings. The first-order valence-electron chi connectivity index (χ1n) is 9.37. The quantitative estimate of drug-likeness (QED) is 0.602. The number of furan rings is 1. The van der Waals surface area contributed by atoms with Crippen LogP contribution < -0.4 is 0 Å². The Morgan fingerprint density at radius 1 is 1.22 bits per heavy atom. The molecule has 0 amide bonds. The van der Waals surface area contributed by atoms with Crippen molar-refractivity contribution in [2.45, 2.75) is 32.4 Å². The van der Waals surface area contributed by atoms with Crippen LogP contribution in [-0.2, 0) is 19.4 Å². The third-order valence-electron chi connectivity index (χ3n) is 5.18. The zero-order chi connectivity index (χ0) is 18.2. The first kappa shape index (κ1) is 16.2. The molecule has 0 spiro atoms. The van der Waals surface area contributed by atoms with Gasteiger partial charge in [0.25, 0.3) is 0 Å². The molecule has 0 aliphatic carbocycles. The Morgan fingerprint density at radius 2 is 2.15 bits per heavy atom. The van der Waals surface area contributed by atoms with E-state index in [9.17, 15) is 0 Å². The van der Waals surface area contributed by atoms with Gasteiger partial charge in [-0.15, -0.1) is 0 Å². The van der Waals surface area contributed by atoms with E-state index >= 15 is 0 Å². The van der Waals surface area contributed by atoms with Crippen LogP contribution in [0.2, 0.25) is 0 Å². The number of fused-ring (bicyclic) bond motifs is 2. The molecular weight excluding hydrogens is 338 g/mol. The molecule has 0 saturated carbocycles. The number of aromatic nitrogens is 4. The van der Waals surface area contributed by atoms with Gasteiger partial charge in [-0.1, -0.05) is 25.1 Å². The van der Waals surface area contributed by atoms with E-state index < -0.39 is 0 Å². The highest BCUT2D eigenvalue weighted by atomic mass is 16.3. The third kappa shape index (κ3) is 2.92. The summed E-state index contributed by atoms with van der Waals surface area (Å²) >= 11 is 0. The average molecular weight is 359 g/mol. The first-order valence-corrected chi connectivity index (χ1v) is 9.37. The molecule has 1 atom stereocenters. The number of para-hydroxylation sites is 1. The van der Waals surface area contributed by atoms with E-state index in [2.05, 4.69) is 43.9 Å². The molecule has 0 fully saturated rings. The normalized spacial score (nSPS) is 17.3. The molecule has 5 rings (SSSR count). The van der Waals surface area contributed by atoms with Crippen molar-refractivity contribution in [3.05, 3.63) is 77.6 Å². The number of nitrogens with zero attached hydrogens (tertiary/aromatic N) is 4. The number of aromatic amines is 1. The standard InChI is InChI=1S/C21H21N5O/c1-2-19-22-9-7-15(25-19)12-26-10-8-16-20(24-13-23-16)21(26)18-11-14-5-3-4-6-17(14)27-18/h3-7,9,11,13,21H,2,8,10,12H2,1H3,(H,23,24). The summed E-state index contributed by atoms with van der Waals surface area (Å²) in [5.74, 6) is 1.80. The Labute approximate surface area is 157 Å². The molecule has 1 aliphatic rings. The second-order valence-corrected chi connectivity index (χ2v) is 6.89. The second-order valence-electron chi connectivity index (χ2n) is 6.89. The molecule has 0 saturated heterocycles. The van der Waals surface area contributed by atoms with Gasteiger partial charge < -0.3 is 9.40 Å². The highest BCUT2D eigenvalue weighted by Crippen LogP contribution is 2.36. The zero-order valence-corrected chi connectivity index (χ0v) is 15.2. The van der Waals surface area contributed by atoms with Crippen molar-refractivity contribution >= 4 is 11.0 Å². The Bertz CT molecular complexity index is 1050. The fourth-order valence-electron chi connectivity index (χ4n) is 3.85. The van der Waals surface area contributed by atoms with E-state index in [0.29, 0.717) is 0 Å². The van der Waals surface area contributed by atoms with Gasteiger partial charge in [0.05, 0.1) is 17.7 Å². The van der Waals surface area contributed by atoms with Gasteiger partial charge >= 0.3 is 0 Å². The van der Waals surface area contributed by atoms with Crippen LogP contribution in [0.3, 0.4) is 0 Å². The number of nitrogens with one attached hydrogen (secondary N) is 1. The summed E-state index contributed by atoms with van der Waals surface area (Å²) in [4.78, 5) is 19.3. The van der Waals surface area contributed by atoms with Gasteiger partial charge in [0, 0.05) is 43.2 Å². The maximum absolute atomic E-state index is 6.22. The van der Waals surface area contributed by atoms with Crippen LogP contribution in [0, 0.1) is 0 Å². The van der Waals surface area contributed by atoms with Crippen LogP contribution in [0.25, 0.3) is 11.0 Å². The molecule has 0 bridgehead atoms. The highest BCUT2D eigenvalue weighted by Gasteiger charge is 2.33. The number of hydrogen-bond acceptors (Lipinski definition) is 5. The number of benzene rings is 1. The second kappa shape index (κ2) is 6.63. The number of aryl methyl sites for hydroxylation is 1. The van der Waals surface area contributed by atoms with E-state index in [1.165, 1.54) is 5.69 Å². The van der Waals surface area contributed by atoms with Crippen molar-refractivity contribution in [1.29, 1.82) is 0 Å². The molecule has 1 N–H and O–H groups in total. The molecule has 136 valence electrons. The Morgan fingerprint density at radius 3 is 3.04 bits per heavy atom. The summed E-state index contributed by atoms with van der Waals surface area (Å²) in [6, 6.07) is 12.2. The summed E-state index contributed by atoms with van der Waals surface area (Å²) in [5.41, 5.74) is 4.17. The van der Waals surface area contributed by atoms with Gasteiger partial charge in [0.2, 0.25) is 0 Å². The third-order valence-corrected chi connectivity index (χ3v) is 5.18. The number of rotatable bonds is 4. The zero-order valence-electron chi connectivity index (χ0n) is 15.2.